The SMILES string of the molecule is O=C(O)N1C=CC=CCN1. The van der Waals surface area contributed by atoms with Crippen molar-refractivity contribution in [2.75, 3.05) is 6.54 Å². The molecular formula is C6H8N2O2. The zero-order chi connectivity index (χ0) is 7.40. The van der Waals surface area contributed by atoms with Crippen LogP contribution in [0, 0.1) is 0 Å². The smallest absolute Gasteiger partial charge is 0.426 e. The molecule has 0 aromatic carbocycles. The van der Waals surface area contributed by atoms with Gasteiger partial charge in [-0.1, -0.05) is 12.2 Å². The molecular weight excluding hydrogens is 132 g/mol. The Kier molecular flexibility index (Phi) is 2.07. The number of amides is 1. The molecule has 4 nitrogen and oxygen atoms in total. The number of nitrogens with zero attached hydrogens (tertiary/aromatic N) is 1. The first-order valence-corrected chi connectivity index (χ1v) is 2.89. The van der Waals surface area contributed by atoms with Crippen LogP contribution in [0.2, 0.25) is 0 Å². The van der Waals surface area contributed by atoms with Gasteiger partial charge in [0.15, 0.2) is 0 Å². The van der Waals surface area contributed by atoms with E-state index in [0.717, 1.165) is 5.01 Å². The number of hydrazine groups is 1. The van der Waals surface area contributed by atoms with E-state index < -0.39 is 6.09 Å². The summed E-state index contributed by atoms with van der Waals surface area (Å²) in [6.07, 6.45) is 5.73. The molecule has 1 amide bonds. The van der Waals surface area contributed by atoms with E-state index in [9.17, 15) is 4.79 Å². The maximum atomic E-state index is 10.3. The highest BCUT2D eigenvalue weighted by Gasteiger charge is 2.05. The Hall–Kier alpha value is -1.29. The van der Waals surface area contributed by atoms with E-state index in [1.807, 2.05) is 6.08 Å². The molecule has 1 rings (SSSR count). The molecule has 0 saturated heterocycles. The summed E-state index contributed by atoms with van der Waals surface area (Å²) in [6.45, 7) is 0.541. The van der Waals surface area contributed by atoms with Crippen molar-refractivity contribution in [2.24, 2.45) is 0 Å². The van der Waals surface area contributed by atoms with Crippen LogP contribution in [0.1, 0.15) is 0 Å². The first kappa shape index (κ1) is 6.82. The fourth-order valence-electron chi connectivity index (χ4n) is 0.618. The Morgan fingerprint density at radius 3 is 3.10 bits per heavy atom. The van der Waals surface area contributed by atoms with Gasteiger partial charge in [-0.05, 0) is 6.08 Å². The van der Waals surface area contributed by atoms with Crippen LogP contribution in [0.4, 0.5) is 4.79 Å². The van der Waals surface area contributed by atoms with Gasteiger partial charge in [-0.2, -0.15) is 0 Å². The van der Waals surface area contributed by atoms with Gasteiger partial charge >= 0.3 is 6.09 Å². The first-order valence-electron chi connectivity index (χ1n) is 2.89. The van der Waals surface area contributed by atoms with Gasteiger partial charge in [0.1, 0.15) is 0 Å². The highest BCUT2D eigenvalue weighted by Crippen LogP contribution is 1.90. The number of hydrogen-bond acceptors (Lipinski definition) is 2. The summed E-state index contributed by atoms with van der Waals surface area (Å²) < 4.78 is 0. The van der Waals surface area contributed by atoms with Gasteiger partial charge in [0.25, 0.3) is 0 Å². The topological polar surface area (TPSA) is 52.6 Å². The van der Waals surface area contributed by atoms with Crippen LogP contribution in [0.5, 0.6) is 0 Å². The van der Waals surface area contributed by atoms with Crippen LogP contribution in [0.15, 0.2) is 24.4 Å². The van der Waals surface area contributed by atoms with E-state index in [1.165, 1.54) is 6.20 Å². The van der Waals surface area contributed by atoms with Crippen molar-refractivity contribution in [3.63, 3.8) is 0 Å². The summed E-state index contributed by atoms with van der Waals surface area (Å²) in [6, 6.07) is 0. The fourth-order valence-corrected chi connectivity index (χ4v) is 0.618. The van der Waals surface area contributed by atoms with Crippen molar-refractivity contribution in [3.8, 4) is 0 Å². The van der Waals surface area contributed by atoms with Gasteiger partial charge in [-0.3, -0.25) is 0 Å². The molecule has 2 N–H and O–H groups in total. The lowest BCUT2D eigenvalue weighted by Crippen LogP contribution is -2.36. The summed E-state index contributed by atoms with van der Waals surface area (Å²) in [7, 11) is 0. The second-order valence-electron chi connectivity index (χ2n) is 1.78. The summed E-state index contributed by atoms with van der Waals surface area (Å²) in [5, 5.41) is 9.46. The Balaban J connectivity index is 2.56. The molecule has 0 spiro atoms. The van der Waals surface area contributed by atoms with Crippen molar-refractivity contribution >= 4 is 6.09 Å². The molecule has 0 aromatic heterocycles. The summed E-state index contributed by atoms with van der Waals surface area (Å²) in [5.41, 5.74) is 2.64. The van der Waals surface area contributed by atoms with Crippen molar-refractivity contribution in [1.29, 1.82) is 0 Å². The molecule has 0 atom stereocenters. The number of carboxylic acid groups (broad SMARTS) is 1. The summed E-state index contributed by atoms with van der Waals surface area (Å²) >= 11 is 0. The Morgan fingerprint density at radius 2 is 2.40 bits per heavy atom. The molecule has 1 heterocycles. The van der Waals surface area contributed by atoms with E-state index in [2.05, 4.69) is 5.43 Å². The number of carbonyl (C=O) groups is 1. The quantitative estimate of drug-likeness (QED) is 0.516. The third-order valence-electron chi connectivity index (χ3n) is 1.07. The lowest BCUT2D eigenvalue weighted by Gasteiger charge is -2.11. The van der Waals surface area contributed by atoms with E-state index in [0.29, 0.717) is 6.54 Å². The van der Waals surface area contributed by atoms with Crippen molar-refractivity contribution in [2.45, 2.75) is 0 Å². The standard InChI is InChI=1S/C6H8N2O2/c9-6(10)8-5-3-1-2-4-7-8/h1-3,5,7H,4H2,(H,9,10). The fraction of sp³-hybridized carbons (Fsp3) is 0.167. The maximum absolute atomic E-state index is 10.3. The molecule has 0 aliphatic carbocycles. The molecule has 1 aliphatic heterocycles. The molecule has 0 unspecified atom stereocenters. The summed E-state index contributed by atoms with van der Waals surface area (Å²) in [4.78, 5) is 10.3. The van der Waals surface area contributed by atoms with Gasteiger partial charge in [0.05, 0.1) is 0 Å². The average Bonchev–Trinajstić information content (AvgIpc) is 2.12. The Morgan fingerprint density at radius 1 is 1.60 bits per heavy atom. The zero-order valence-corrected chi connectivity index (χ0v) is 5.32. The Labute approximate surface area is 58.4 Å². The molecule has 0 radical (unpaired) electrons. The number of allylic oxidation sites excluding steroid dienone is 2. The molecule has 54 valence electrons. The Bertz CT molecular complexity index is 186. The largest absolute Gasteiger partial charge is 0.464 e. The van der Waals surface area contributed by atoms with Gasteiger partial charge in [0.2, 0.25) is 0 Å². The highest BCUT2D eigenvalue weighted by molar-refractivity contribution is 5.65. The monoisotopic (exact) mass is 140 g/mol. The van der Waals surface area contributed by atoms with Crippen molar-refractivity contribution in [3.05, 3.63) is 24.4 Å². The molecule has 0 aromatic rings. The summed E-state index contributed by atoms with van der Waals surface area (Å²) in [5.74, 6) is 0. The molecule has 1 aliphatic rings. The molecule has 0 bridgehead atoms. The van der Waals surface area contributed by atoms with Crippen LogP contribution in [-0.4, -0.2) is 22.8 Å². The van der Waals surface area contributed by atoms with Gasteiger partial charge in [-0.25, -0.2) is 15.2 Å². The third-order valence-corrected chi connectivity index (χ3v) is 1.07. The molecule has 10 heavy (non-hydrogen) atoms. The van der Waals surface area contributed by atoms with Gasteiger partial charge in [-0.15, -0.1) is 0 Å². The second-order valence-corrected chi connectivity index (χ2v) is 1.78. The second kappa shape index (κ2) is 3.03. The first-order chi connectivity index (χ1) is 4.80. The predicted molar refractivity (Wildman–Crippen MR) is 36.1 cm³/mol. The van der Waals surface area contributed by atoms with Crippen molar-refractivity contribution < 1.29 is 9.90 Å². The van der Waals surface area contributed by atoms with E-state index in [1.54, 1.807) is 12.2 Å². The average molecular weight is 140 g/mol. The predicted octanol–water partition coefficient (Wildman–Crippen LogP) is 0.554. The van der Waals surface area contributed by atoms with Crippen LogP contribution in [-0.2, 0) is 0 Å². The molecule has 0 fully saturated rings. The van der Waals surface area contributed by atoms with Crippen LogP contribution in [0.3, 0.4) is 0 Å². The lowest BCUT2D eigenvalue weighted by molar-refractivity contribution is 0.147. The minimum atomic E-state index is -1.00. The normalized spacial score (nSPS) is 17.0. The van der Waals surface area contributed by atoms with Crippen molar-refractivity contribution in [1.82, 2.24) is 10.4 Å². The minimum Gasteiger partial charge on any atom is -0.464 e. The molecule has 0 saturated carbocycles. The zero-order valence-electron chi connectivity index (χ0n) is 5.32. The van der Waals surface area contributed by atoms with E-state index in [-0.39, 0.29) is 0 Å². The van der Waals surface area contributed by atoms with E-state index >= 15 is 0 Å². The number of rotatable bonds is 0. The lowest BCUT2D eigenvalue weighted by atomic mass is 10.5. The highest BCUT2D eigenvalue weighted by atomic mass is 16.4. The van der Waals surface area contributed by atoms with Crippen LogP contribution >= 0.6 is 0 Å². The van der Waals surface area contributed by atoms with Gasteiger partial charge in [0, 0.05) is 12.7 Å². The maximum Gasteiger partial charge on any atom is 0.426 e. The number of hydrogen-bond donors (Lipinski definition) is 2. The molecule has 4 heteroatoms. The van der Waals surface area contributed by atoms with Crippen LogP contribution < -0.4 is 5.43 Å². The number of nitrogens with one attached hydrogen (secondary N) is 1. The van der Waals surface area contributed by atoms with E-state index in [4.69, 9.17) is 5.11 Å². The third kappa shape index (κ3) is 1.60. The van der Waals surface area contributed by atoms with Crippen LogP contribution in [0.25, 0.3) is 0 Å². The minimum absolute atomic E-state index is 0.541. The van der Waals surface area contributed by atoms with Gasteiger partial charge < -0.3 is 5.11 Å².